The van der Waals surface area contributed by atoms with Gasteiger partial charge in [0.15, 0.2) is 0 Å². The number of carboxylic acid groups (broad SMARTS) is 1. The van der Waals surface area contributed by atoms with Crippen LogP contribution < -0.4 is 4.90 Å². The molecule has 0 bridgehead atoms. The van der Waals surface area contributed by atoms with Crippen molar-refractivity contribution in [2.75, 3.05) is 4.90 Å². The summed E-state index contributed by atoms with van der Waals surface area (Å²) >= 11 is 0. The zero-order valence-corrected chi connectivity index (χ0v) is 14.5. The maximum Gasteiger partial charge on any atom is 0.335 e. The molecule has 0 atom stereocenters. The molecule has 28 heavy (non-hydrogen) atoms. The Morgan fingerprint density at radius 1 is 0.857 bits per heavy atom. The molecule has 2 aromatic carbocycles. The largest absolute Gasteiger partial charge is 0.478 e. The van der Waals surface area contributed by atoms with E-state index in [-0.39, 0.29) is 16.7 Å². The molecule has 0 spiro atoms. The molecule has 0 aromatic heterocycles. The Hall–Kier alpha value is -4.17. The van der Waals surface area contributed by atoms with Gasteiger partial charge in [-0.25, -0.2) is 9.69 Å². The van der Waals surface area contributed by atoms with Crippen molar-refractivity contribution in [3.05, 3.63) is 89.0 Å². The van der Waals surface area contributed by atoms with E-state index in [9.17, 15) is 14.4 Å². The Morgan fingerprint density at radius 2 is 1.46 bits per heavy atom. The average molecular weight is 367 g/mol. The number of terminal acetylenes is 1. The number of carbonyl (C=O) groups is 3. The average Bonchev–Trinajstić information content (AvgIpc) is 2.96. The molecule has 0 saturated carbocycles. The number of hydrogen-bond acceptors (Lipinski definition) is 3. The molecule has 2 amide bonds. The summed E-state index contributed by atoms with van der Waals surface area (Å²) in [6.07, 6.45) is 5.37. The van der Waals surface area contributed by atoms with Gasteiger partial charge in [-0.1, -0.05) is 36.3 Å². The van der Waals surface area contributed by atoms with Crippen molar-refractivity contribution in [2.45, 2.75) is 0 Å². The van der Waals surface area contributed by atoms with Crippen LogP contribution >= 0.6 is 0 Å². The van der Waals surface area contributed by atoms with Crippen LogP contribution in [0.1, 0.15) is 36.6 Å². The lowest BCUT2D eigenvalue weighted by Crippen LogP contribution is -2.29. The Bertz CT molecular complexity index is 1150. The third-order valence-electron chi connectivity index (χ3n) is 4.66. The van der Waals surface area contributed by atoms with E-state index in [1.165, 1.54) is 35.4 Å². The first kappa shape index (κ1) is 17.3. The van der Waals surface area contributed by atoms with Crippen LogP contribution in [0.4, 0.5) is 5.69 Å². The second-order valence-corrected chi connectivity index (χ2v) is 6.25. The van der Waals surface area contributed by atoms with Gasteiger partial charge in [0.25, 0.3) is 11.8 Å². The molecule has 2 aromatic rings. The van der Waals surface area contributed by atoms with Crippen molar-refractivity contribution in [1.82, 2.24) is 0 Å². The number of carboxylic acids is 1. The van der Waals surface area contributed by atoms with Gasteiger partial charge < -0.3 is 5.11 Å². The third-order valence-corrected chi connectivity index (χ3v) is 4.66. The summed E-state index contributed by atoms with van der Waals surface area (Å²) in [5.74, 6) is 0.342. The summed E-state index contributed by atoms with van der Waals surface area (Å²) in [6, 6.07) is 18.8. The number of benzene rings is 3. The van der Waals surface area contributed by atoms with E-state index in [0.717, 1.165) is 4.90 Å². The van der Waals surface area contributed by atoms with Crippen molar-refractivity contribution in [3.8, 4) is 23.5 Å². The second-order valence-electron chi connectivity index (χ2n) is 6.25. The Balaban J connectivity index is 0.000000268. The minimum atomic E-state index is -1.08. The van der Waals surface area contributed by atoms with E-state index >= 15 is 0 Å². The fourth-order valence-corrected chi connectivity index (χ4v) is 3.06. The van der Waals surface area contributed by atoms with E-state index in [0.29, 0.717) is 11.3 Å². The first-order valence-corrected chi connectivity index (χ1v) is 8.43. The summed E-state index contributed by atoms with van der Waals surface area (Å²) in [5.41, 5.74) is 4.05. The van der Waals surface area contributed by atoms with Crippen LogP contribution in [0, 0.1) is 12.3 Å². The van der Waals surface area contributed by atoms with Crippen molar-refractivity contribution in [1.29, 1.82) is 0 Å². The molecule has 5 rings (SSSR count). The molecule has 1 aliphatic heterocycles. The summed E-state index contributed by atoms with van der Waals surface area (Å²) < 4.78 is 0. The first-order chi connectivity index (χ1) is 13.5. The molecule has 0 unspecified atom stereocenters. The number of carbonyl (C=O) groups excluding carboxylic acids is 2. The molecule has 134 valence electrons. The summed E-state index contributed by atoms with van der Waals surface area (Å²) in [6.45, 7) is 0. The van der Waals surface area contributed by atoms with Gasteiger partial charge in [-0.05, 0) is 47.5 Å². The Labute approximate surface area is 160 Å². The molecule has 1 heterocycles. The highest BCUT2D eigenvalue weighted by Crippen LogP contribution is 2.30. The van der Waals surface area contributed by atoms with Crippen molar-refractivity contribution < 1.29 is 19.5 Å². The zero-order chi connectivity index (χ0) is 19.8. The van der Waals surface area contributed by atoms with Crippen LogP contribution in [0.2, 0.25) is 0 Å². The first-order valence-electron chi connectivity index (χ1n) is 8.43. The van der Waals surface area contributed by atoms with Crippen molar-refractivity contribution in [3.63, 3.8) is 0 Å². The highest BCUT2D eigenvalue weighted by molar-refractivity contribution is 6.35. The maximum absolute atomic E-state index is 12.5. The minimum Gasteiger partial charge on any atom is -0.478 e. The van der Waals surface area contributed by atoms with Gasteiger partial charge in [0.2, 0.25) is 0 Å². The predicted molar refractivity (Wildman–Crippen MR) is 104 cm³/mol. The normalized spacial score (nSPS) is 12.6. The van der Waals surface area contributed by atoms with Gasteiger partial charge >= 0.3 is 5.97 Å². The van der Waals surface area contributed by atoms with Gasteiger partial charge in [0.1, 0.15) is 0 Å². The van der Waals surface area contributed by atoms with E-state index in [1.54, 1.807) is 18.2 Å². The van der Waals surface area contributed by atoms with E-state index in [1.807, 2.05) is 0 Å². The summed E-state index contributed by atoms with van der Waals surface area (Å²) in [5, 5.41) is 8.89. The van der Waals surface area contributed by atoms with Gasteiger partial charge in [0, 0.05) is 5.56 Å². The second kappa shape index (κ2) is 6.53. The number of aromatic carboxylic acids is 1. The van der Waals surface area contributed by atoms with Gasteiger partial charge in [-0.15, -0.1) is 6.42 Å². The SMILES string of the molecule is C#Cc1cccc2c1C(=O)N(c1ccc(C(=O)O)cc1)C2=O.c1cc2ccc1-2. The van der Waals surface area contributed by atoms with Gasteiger partial charge in [0.05, 0.1) is 22.4 Å². The highest BCUT2D eigenvalue weighted by Gasteiger charge is 2.38. The quantitative estimate of drug-likeness (QED) is 0.432. The van der Waals surface area contributed by atoms with Gasteiger partial charge in [-0.3, -0.25) is 9.59 Å². The van der Waals surface area contributed by atoms with Crippen LogP contribution in [0.3, 0.4) is 0 Å². The van der Waals surface area contributed by atoms with Gasteiger partial charge in [-0.2, -0.15) is 0 Å². The Morgan fingerprint density at radius 3 is 1.93 bits per heavy atom. The number of fused-ring (bicyclic) bond motifs is 2. The third kappa shape index (κ3) is 2.65. The molecule has 0 fully saturated rings. The smallest absolute Gasteiger partial charge is 0.335 e. The number of anilines is 1. The number of imide groups is 1. The van der Waals surface area contributed by atoms with Crippen molar-refractivity contribution >= 4 is 23.5 Å². The number of nitrogens with zero attached hydrogens (tertiary/aromatic N) is 1. The predicted octanol–water partition coefficient (Wildman–Crippen LogP) is 3.83. The lowest BCUT2D eigenvalue weighted by Gasteiger charge is -2.13. The number of rotatable bonds is 2. The van der Waals surface area contributed by atoms with Crippen molar-refractivity contribution in [2.24, 2.45) is 0 Å². The number of hydrogen-bond donors (Lipinski definition) is 1. The van der Waals surface area contributed by atoms with Crippen LogP contribution in [0.15, 0.2) is 66.7 Å². The minimum absolute atomic E-state index is 0.0738. The van der Waals surface area contributed by atoms with Crippen LogP contribution in [-0.2, 0) is 0 Å². The molecular formula is C23H13NO4. The molecule has 1 N–H and O–H groups in total. The molecule has 5 heteroatoms. The number of amides is 2. The lowest BCUT2D eigenvalue weighted by molar-refractivity contribution is 0.0696. The van der Waals surface area contributed by atoms with E-state index in [2.05, 4.69) is 30.2 Å². The molecule has 3 aliphatic rings. The standard InChI is InChI=1S/C17H9NO4.C6H4/c1-2-10-4-3-5-13-14(10)16(20)18(15(13)19)12-8-6-11(7-9-12)17(21)22;1-2-6-4-3-5(1)6/h1,3-9H,(H,21,22);1-4H. The Kier molecular flexibility index (Phi) is 4.02. The lowest BCUT2D eigenvalue weighted by atomic mass is 9.95. The van der Waals surface area contributed by atoms with E-state index < -0.39 is 17.8 Å². The van der Waals surface area contributed by atoms with E-state index in [4.69, 9.17) is 11.5 Å². The molecule has 0 saturated heterocycles. The molecule has 5 nitrogen and oxygen atoms in total. The zero-order valence-electron chi connectivity index (χ0n) is 14.5. The summed E-state index contributed by atoms with van der Waals surface area (Å²) in [7, 11) is 0. The fraction of sp³-hybridized carbons (Fsp3) is 0. The summed E-state index contributed by atoms with van der Waals surface area (Å²) in [4.78, 5) is 36.8. The molecular weight excluding hydrogens is 354 g/mol. The monoisotopic (exact) mass is 367 g/mol. The van der Waals surface area contributed by atoms with Crippen LogP contribution in [0.5, 0.6) is 0 Å². The maximum atomic E-state index is 12.5. The molecule has 0 radical (unpaired) electrons. The topological polar surface area (TPSA) is 74.7 Å². The highest BCUT2D eigenvalue weighted by atomic mass is 16.4. The molecule has 2 aliphatic carbocycles. The fourth-order valence-electron chi connectivity index (χ4n) is 3.06. The van der Waals surface area contributed by atoms with Crippen LogP contribution in [0.25, 0.3) is 11.1 Å². The van der Waals surface area contributed by atoms with Crippen LogP contribution in [-0.4, -0.2) is 22.9 Å².